The summed E-state index contributed by atoms with van der Waals surface area (Å²) in [4.78, 5) is 12.3. The van der Waals surface area contributed by atoms with Crippen molar-refractivity contribution in [1.82, 2.24) is 5.32 Å². The summed E-state index contributed by atoms with van der Waals surface area (Å²) < 4.78 is 5.90. The molecule has 2 rings (SSSR count). The van der Waals surface area contributed by atoms with Gasteiger partial charge in [0, 0.05) is 11.4 Å². The van der Waals surface area contributed by atoms with Gasteiger partial charge in [0.25, 0.3) is 5.91 Å². The summed E-state index contributed by atoms with van der Waals surface area (Å²) in [6.07, 6.45) is 4.55. The van der Waals surface area contributed by atoms with Gasteiger partial charge in [-0.25, -0.2) is 0 Å². The zero-order valence-electron chi connectivity index (χ0n) is 15.7. The molecule has 0 saturated carbocycles. The summed E-state index contributed by atoms with van der Waals surface area (Å²) in [6.45, 7) is 6.72. The molecule has 0 fully saturated rings. The third kappa shape index (κ3) is 4.86. The van der Waals surface area contributed by atoms with Crippen LogP contribution in [0.5, 0.6) is 5.75 Å². The fourth-order valence-corrected chi connectivity index (χ4v) is 2.58. The van der Waals surface area contributed by atoms with Gasteiger partial charge in [0.05, 0.1) is 6.61 Å². The first kappa shape index (κ1) is 19.5. The number of hydrogen-bond donors (Lipinski definition) is 1. The van der Waals surface area contributed by atoms with Crippen LogP contribution in [0.2, 0.25) is 0 Å². The standard InChI is InChI=1S/C22H26N2O2/c1-4-6-13-26-21-12-11-17(19-9-7-8-10-20(19)21)14-18(15-23)22(25)24-16(3)5-2/h7-12,14,16H,4-6,13H2,1-3H3,(H,24,25)/b18-14+/t16-/m0/s1. The lowest BCUT2D eigenvalue weighted by Gasteiger charge is -2.12. The van der Waals surface area contributed by atoms with Crippen molar-refractivity contribution in [2.75, 3.05) is 6.61 Å². The Morgan fingerprint density at radius 2 is 1.96 bits per heavy atom. The third-order valence-electron chi connectivity index (χ3n) is 4.33. The molecule has 26 heavy (non-hydrogen) atoms. The highest BCUT2D eigenvalue weighted by atomic mass is 16.5. The van der Waals surface area contributed by atoms with Gasteiger partial charge in [-0.2, -0.15) is 5.26 Å². The highest BCUT2D eigenvalue weighted by Crippen LogP contribution is 2.30. The molecule has 0 unspecified atom stereocenters. The predicted octanol–water partition coefficient (Wildman–Crippen LogP) is 4.84. The third-order valence-corrected chi connectivity index (χ3v) is 4.33. The van der Waals surface area contributed by atoms with Crippen molar-refractivity contribution in [3.05, 3.63) is 47.5 Å². The second-order valence-corrected chi connectivity index (χ2v) is 6.35. The van der Waals surface area contributed by atoms with E-state index in [2.05, 4.69) is 12.2 Å². The minimum Gasteiger partial charge on any atom is -0.493 e. The molecule has 0 heterocycles. The molecule has 0 spiro atoms. The van der Waals surface area contributed by atoms with E-state index in [1.807, 2.05) is 56.3 Å². The van der Waals surface area contributed by atoms with E-state index in [1.54, 1.807) is 6.08 Å². The van der Waals surface area contributed by atoms with Crippen molar-refractivity contribution in [3.63, 3.8) is 0 Å². The molecule has 4 nitrogen and oxygen atoms in total. The largest absolute Gasteiger partial charge is 0.493 e. The molecule has 0 aromatic heterocycles. The van der Waals surface area contributed by atoms with Crippen LogP contribution >= 0.6 is 0 Å². The highest BCUT2D eigenvalue weighted by Gasteiger charge is 2.13. The topological polar surface area (TPSA) is 62.1 Å². The Labute approximate surface area is 155 Å². The summed E-state index contributed by atoms with van der Waals surface area (Å²) in [5, 5.41) is 14.2. The number of nitriles is 1. The van der Waals surface area contributed by atoms with Gasteiger partial charge in [0.2, 0.25) is 0 Å². The van der Waals surface area contributed by atoms with Crippen LogP contribution in [0, 0.1) is 11.3 Å². The second-order valence-electron chi connectivity index (χ2n) is 6.35. The maximum atomic E-state index is 12.3. The van der Waals surface area contributed by atoms with E-state index in [0.717, 1.165) is 41.3 Å². The van der Waals surface area contributed by atoms with Crippen LogP contribution in [0.3, 0.4) is 0 Å². The van der Waals surface area contributed by atoms with E-state index in [4.69, 9.17) is 4.74 Å². The number of fused-ring (bicyclic) bond motifs is 1. The number of unbranched alkanes of at least 4 members (excludes halogenated alkanes) is 1. The zero-order chi connectivity index (χ0) is 18.9. The van der Waals surface area contributed by atoms with E-state index in [-0.39, 0.29) is 17.5 Å². The second kappa shape index (κ2) is 9.62. The lowest BCUT2D eigenvalue weighted by molar-refractivity contribution is -0.117. The first-order chi connectivity index (χ1) is 12.6. The molecule has 1 N–H and O–H groups in total. The molecule has 0 bridgehead atoms. The van der Waals surface area contributed by atoms with Gasteiger partial charge in [-0.05, 0) is 42.9 Å². The van der Waals surface area contributed by atoms with E-state index >= 15 is 0 Å². The Kier molecular flexibility index (Phi) is 7.23. The summed E-state index contributed by atoms with van der Waals surface area (Å²) in [7, 11) is 0. The van der Waals surface area contributed by atoms with Crippen LogP contribution < -0.4 is 10.1 Å². The van der Waals surface area contributed by atoms with E-state index in [9.17, 15) is 10.1 Å². The Hall–Kier alpha value is -2.80. The average Bonchev–Trinajstić information content (AvgIpc) is 2.67. The number of ether oxygens (including phenoxy) is 1. The molecule has 2 aromatic carbocycles. The summed E-state index contributed by atoms with van der Waals surface area (Å²) in [5.41, 5.74) is 0.939. The molecule has 0 aliphatic carbocycles. The number of carbonyl (C=O) groups is 1. The number of carbonyl (C=O) groups excluding carboxylic acids is 1. The first-order valence-electron chi connectivity index (χ1n) is 9.17. The first-order valence-corrected chi connectivity index (χ1v) is 9.17. The summed E-state index contributed by atoms with van der Waals surface area (Å²) >= 11 is 0. The van der Waals surface area contributed by atoms with Crippen molar-refractivity contribution < 1.29 is 9.53 Å². The van der Waals surface area contributed by atoms with Crippen molar-refractivity contribution in [3.8, 4) is 11.8 Å². The minimum absolute atomic E-state index is 0.0327. The van der Waals surface area contributed by atoms with Gasteiger partial charge in [-0.15, -0.1) is 0 Å². The van der Waals surface area contributed by atoms with Crippen LogP contribution in [0.15, 0.2) is 42.0 Å². The number of hydrogen-bond acceptors (Lipinski definition) is 3. The van der Waals surface area contributed by atoms with Gasteiger partial charge < -0.3 is 10.1 Å². The average molecular weight is 350 g/mol. The maximum Gasteiger partial charge on any atom is 0.262 e. The molecule has 0 aliphatic heterocycles. The van der Waals surface area contributed by atoms with Gasteiger partial charge in [-0.3, -0.25) is 4.79 Å². The number of amides is 1. The SMILES string of the molecule is CCCCOc1ccc(/C=C(\C#N)C(=O)N[C@@H](C)CC)c2ccccc12. The lowest BCUT2D eigenvalue weighted by Crippen LogP contribution is -2.32. The summed E-state index contributed by atoms with van der Waals surface area (Å²) in [5.74, 6) is 0.489. The van der Waals surface area contributed by atoms with Crippen LogP contribution in [-0.2, 0) is 4.79 Å². The van der Waals surface area contributed by atoms with E-state index in [0.29, 0.717) is 6.61 Å². The normalized spacial score (nSPS) is 12.5. The smallest absolute Gasteiger partial charge is 0.262 e. The lowest BCUT2D eigenvalue weighted by atomic mass is 10.0. The zero-order valence-corrected chi connectivity index (χ0v) is 15.7. The monoisotopic (exact) mass is 350 g/mol. The Morgan fingerprint density at radius 3 is 2.62 bits per heavy atom. The molecule has 1 atom stereocenters. The Balaban J connectivity index is 2.39. The molecule has 1 amide bonds. The maximum absolute atomic E-state index is 12.3. The molecular weight excluding hydrogens is 324 g/mol. The molecule has 0 saturated heterocycles. The molecule has 4 heteroatoms. The fraction of sp³-hybridized carbons (Fsp3) is 0.364. The van der Waals surface area contributed by atoms with E-state index in [1.165, 1.54) is 0 Å². The van der Waals surface area contributed by atoms with Gasteiger partial charge in [0.15, 0.2) is 0 Å². The molecule has 0 radical (unpaired) electrons. The van der Waals surface area contributed by atoms with Crippen molar-refractivity contribution in [2.24, 2.45) is 0 Å². The molecule has 0 aliphatic rings. The number of nitrogens with zero attached hydrogens (tertiary/aromatic N) is 1. The Bertz CT molecular complexity index is 834. The Morgan fingerprint density at radius 1 is 1.23 bits per heavy atom. The van der Waals surface area contributed by atoms with Crippen LogP contribution in [0.25, 0.3) is 16.8 Å². The van der Waals surface area contributed by atoms with Crippen LogP contribution in [0.1, 0.15) is 45.6 Å². The number of nitrogens with one attached hydrogen (secondary N) is 1. The fourth-order valence-electron chi connectivity index (χ4n) is 2.58. The van der Waals surface area contributed by atoms with Crippen molar-refractivity contribution in [1.29, 1.82) is 5.26 Å². The molecular formula is C22H26N2O2. The van der Waals surface area contributed by atoms with Crippen LogP contribution in [-0.4, -0.2) is 18.6 Å². The number of rotatable bonds is 8. The van der Waals surface area contributed by atoms with Crippen LogP contribution in [0.4, 0.5) is 0 Å². The van der Waals surface area contributed by atoms with Gasteiger partial charge in [0.1, 0.15) is 17.4 Å². The highest BCUT2D eigenvalue weighted by molar-refractivity contribution is 6.04. The van der Waals surface area contributed by atoms with E-state index < -0.39 is 0 Å². The van der Waals surface area contributed by atoms with Gasteiger partial charge in [-0.1, -0.05) is 50.6 Å². The molecule has 136 valence electrons. The minimum atomic E-state index is -0.339. The quantitative estimate of drug-likeness (QED) is 0.421. The molecule has 2 aromatic rings. The summed E-state index contributed by atoms with van der Waals surface area (Å²) in [6, 6.07) is 13.7. The van der Waals surface area contributed by atoms with Crippen molar-refractivity contribution >= 4 is 22.8 Å². The predicted molar refractivity (Wildman–Crippen MR) is 106 cm³/mol. The van der Waals surface area contributed by atoms with Crippen molar-refractivity contribution in [2.45, 2.75) is 46.1 Å². The number of benzene rings is 2. The van der Waals surface area contributed by atoms with Gasteiger partial charge >= 0.3 is 0 Å².